The summed E-state index contributed by atoms with van der Waals surface area (Å²) >= 11 is 0. The van der Waals surface area contributed by atoms with Crippen molar-refractivity contribution in [2.24, 2.45) is 0 Å². The molecule has 0 fully saturated rings. The van der Waals surface area contributed by atoms with Gasteiger partial charge in [0.05, 0.1) is 12.7 Å². The van der Waals surface area contributed by atoms with Crippen molar-refractivity contribution in [1.29, 1.82) is 5.26 Å². The predicted octanol–water partition coefficient (Wildman–Crippen LogP) is 3.35. The number of hydrogen-bond donors (Lipinski definition) is 1. The van der Waals surface area contributed by atoms with Gasteiger partial charge < -0.3 is 10.1 Å². The highest BCUT2D eigenvalue weighted by atomic mass is 16.5. The van der Waals surface area contributed by atoms with Gasteiger partial charge in [0.1, 0.15) is 5.75 Å². The molecule has 0 aliphatic heterocycles. The van der Waals surface area contributed by atoms with Crippen molar-refractivity contribution >= 4 is 0 Å². The molecule has 98 valence electrons. The molecule has 1 aromatic rings. The van der Waals surface area contributed by atoms with Gasteiger partial charge in [-0.25, -0.2) is 0 Å². The molecule has 0 bridgehead atoms. The van der Waals surface area contributed by atoms with E-state index in [0.717, 1.165) is 24.3 Å². The Labute approximate surface area is 110 Å². The standard InChI is InChI=1S/C15H22N2O/c1-4-17-13(3)14-7-8-15(12(2)11-14)18-10-6-5-9-16/h7-8,11,13,17H,4-6,10H2,1-3H3. The fourth-order valence-corrected chi connectivity index (χ4v) is 1.86. The number of aryl methyl sites for hydroxylation is 1. The normalized spacial score (nSPS) is 11.9. The van der Waals surface area contributed by atoms with Gasteiger partial charge >= 0.3 is 0 Å². The highest BCUT2D eigenvalue weighted by molar-refractivity contribution is 5.37. The quantitative estimate of drug-likeness (QED) is 0.750. The van der Waals surface area contributed by atoms with Gasteiger partial charge in [0.25, 0.3) is 0 Å². The summed E-state index contributed by atoms with van der Waals surface area (Å²) in [6, 6.07) is 8.76. The van der Waals surface area contributed by atoms with Gasteiger partial charge in [-0.2, -0.15) is 5.26 Å². The minimum Gasteiger partial charge on any atom is -0.493 e. The van der Waals surface area contributed by atoms with Crippen LogP contribution in [0.1, 0.15) is 43.9 Å². The third-order valence-corrected chi connectivity index (χ3v) is 2.90. The van der Waals surface area contributed by atoms with E-state index < -0.39 is 0 Å². The second kappa shape index (κ2) is 7.73. The number of benzene rings is 1. The van der Waals surface area contributed by atoms with Gasteiger partial charge in [-0.3, -0.25) is 0 Å². The van der Waals surface area contributed by atoms with E-state index in [9.17, 15) is 0 Å². The van der Waals surface area contributed by atoms with E-state index in [1.807, 2.05) is 6.07 Å². The molecule has 1 atom stereocenters. The van der Waals surface area contributed by atoms with Crippen LogP contribution >= 0.6 is 0 Å². The number of rotatable bonds is 7. The summed E-state index contributed by atoms with van der Waals surface area (Å²) in [6.07, 6.45) is 1.33. The van der Waals surface area contributed by atoms with Crippen LogP contribution in [-0.2, 0) is 0 Å². The predicted molar refractivity (Wildman–Crippen MR) is 73.6 cm³/mol. The van der Waals surface area contributed by atoms with Crippen molar-refractivity contribution in [2.75, 3.05) is 13.2 Å². The van der Waals surface area contributed by atoms with Crippen LogP contribution < -0.4 is 10.1 Å². The van der Waals surface area contributed by atoms with E-state index >= 15 is 0 Å². The first-order valence-electron chi connectivity index (χ1n) is 6.52. The zero-order valence-corrected chi connectivity index (χ0v) is 11.5. The highest BCUT2D eigenvalue weighted by Gasteiger charge is 2.06. The van der Waals surface area contributed by atoms with Crippen LogP contribution in [0.15, 0.2) is 18.2 Å². The monoisotopic (exact) mass is 246 g/mol. The molecule has 0 saturated carbocycles. The van der Waals surface area contributed by atoms with E-state index in [-0.39, 0.29) is 0 Å². The lowest BCUT2D eigenvalue weighted by Gasteiger charge is -2.15. The van der Waals surface area contributed by atoms with Gasteiger partial charge in [0.2, 0.25) is 0 Å². The summed E-state index contributed by atoms with van der Waals surface area (Å²) in [5.41, 5.74) is 2.42. The Morgan fingerprint density at radius 3 is 2.83 bits per heavy atom. The number of nitrogens with zero attached hydrogens (tertiary/aromatic N) is 1. The van der Waals surface area contributed by atoms with Crippen LogP contribution in [-0.4, -0.2) is 13.2 Å². The Hall–Kier alpha value is -1.53. The third kappa shape index (κ3) is 4.38. The van der Waals surface area contributed by atoms with Gasteiger partial charge in [-0.1, -0.05) is 19.1 Å². The number of nitrogens with one attached hydrogen (secondary N) is 1. The molecule has 3 nitrogen and oxygen atoms in total. The molecular weight excluding hydrogens is 224 g/mol. The fraction of sp³-hybridized carbons (Fsp3) is 0.533. The van der Waals surface area contributed by atoms with Crippen molar-refractivity contribution in [3.8, 4) is 11.8 Å². The van der Waals surface area contributed by atoms with Crippen LogP contribution in [0.2, 0.25) is 0 Å². The van der Waals surface area contributed by atoms with Gasteiger partial charge in [0, 0.05) is 12.5 Å². The van der Waals surface area contributed by atoms with Crippen LogP contribution in [0.5, 0.6) is 5.75 Å². The van der Waals surface area contributed by atoms with Crippen molar-refractivity contribution < 1.29 is 4.74 Å². The molecule has 0 heterocycles. The summed E-state index contributed by atoms with van der Waals surface area (Å²) in [7, 11) is 0. The van der Waals surface area contributed by atoms with Gasteiger partial charge in [-0.05, 0) is 44.0 Å². The molecule has 18 heavy (non-hydrogen) atoms. The van der Waals surface area contributed by atoms with Crippen LogP contribution in [0.25, 0.3) is 0 Å². The highest BCUT2D eigenvalue weighted by Crippen LogP contribution is 2.22. The second-order valence-electron chi connectivity index (χ2n) is 4.41. The molecule has 1 rings (SSSR count). The first-order chi connectivity index (χ1) is 8.69. The SMILES string of the molecule is CCNC(C)c1ccc(OCCCC#N)c(C)c1. The number of unbranched alkanes of at least 4 members (excludes halogenated alkanes) is 1. The minimum absolute atomic E-state index is 0.362. The summed E-state index contributed by atoms with van der Waals surface area (Å²) in [4.78, 5) is 0. The molecule has 0 aromatic heterocycles. The van der Waals surface area contributed by atoms with Crippen molar-refractivity contribution in [2.45, 2.75) is 39.7 Å². The van der Waals surface area contributed by atoms with Crippen molar-refractivity contribution in [1.82, 2.24) is 5.32 Å². The fourth-order valence-electron chi connectivity index (χ4n) is 1.86. The number of ether oxygens (including phenoxy) is 1. The maximum Gasteiger partial charge on any atom is 0.122 e. The Morgan fingerprint density at radius 1 is 1.44 bits per heavy atom. The maximum absolute atomic E-state index is 8.45. The Kier molecular flexibility index (Phi) is 6.24. The molecule has 0 aliphatic rings. The smallest absolute Gasteiger partial charge is 0.122 e. The van der Waals surface area contributed by atoms with Crippen molar-refractivity contribution in [3.05, 3.63) is 29.3 Å². The van der Waals surface area contributed by atoms with E-state index in [0.29, 0.717) is 19.1 Å². The number of nitriles is 1. The summed E-state index contributed by atoms with van der Waals surface area (Å²) in [6.45, 7) is 7.90. The van der Waals surface area contributed by atoms with Crippen LogP contribution in [0.4, 0.5) is 0 Å². The molecule has 1 unspecified atom stereocenters. The Morgan fingerprint density at radius 2 is 2.22 bits per heavy atom. The topological polar surface area (TPSA) is 45.0 Å². The molecule has 0 spiro atoms. The van der Waals surface area contributed by atoms with E-state index in [1.165, 1.54) is 5.56 Å². The number of hydrogen-bond acceptors (Lipinski definition) is 3. The summed E-state index contributed by atoms with van der Waals surface area (Å²) in [5.74, 6) is 0.917. The molecule has 1 aromatic carbocycles. The second-order valence-corrected chi connectivity index (χ2v) is 4.41. The Bertz CT molecular complexity index is 409. The lowest BCUT2D eigenvalue weighted by Crippen LogP contribution is -2.17. The molecule has 0 amide bonds. The third-order valence-electron chi connectivity index (χ3n) is 2.90. The lowest BCUT2D eigenvalue weighted by atomic mass is 10.1. The van der Waals surface area contributed by atoms with E-state index in [4.69, 9.17) is 10.00 Å². The molecule has 0 saturated heterocycles. The zero-order valence-electron chi connectivity index (χ0n) is 11.5. The van der Waals surface area contributed by atoms with E-state index in [2.05, 4.69) is 44.3 Å². The zero-order chi connectivity index (χ0) is 13.4. The van der Waals surface area contributed by atoms with E-state index in [1.54, 1.807) is 0 Å². The molecule has 3 heteroatoms. The Balaban J connectivity index is 2.59. The maximum atomic E-state index is 8.45. The average Bonchev–Trinajstić information content (AvgIpc) is 2.36. The first kappa shape index (κ1) is 14.5. The summed E-state index contributed by atoms with van der Waals surface area (Å²) < 4.78 is 5.66. The first-order valence-corrected chi connectivity index (χ1v) is 6.52. The molecule has 0 aliphatic carbocycles. The van der Waals surface area contributed by atoms with Gasteiger partial charge in [-0.15, -0.1) is 0 Å². The largest absolute Gasteiger partial charge is 0.493 e. The minimum atomic E-state index is 0.362. The van der Waals surface area contributed by atoms with Crippen LogP contribution in [0.3, 0.4) is 0 Å². The molecule has 1 N–H and O–H groups in total. The lowest BCUT2D eigenvalue weighted by molar-refractivity contribution is 0.310. The molecule has 0 radical (unpaired) electrons. The summed E-state index contributed by atoms with van der Waals surface area (Å²) in [5, 5.41) is 11.8. The molecular formula is C15H22N2O. The average molecular weight is 246 g/mol. The van der Waals surface area contributed by atoms with Gasteiger partial charge in [0.15, 0.2) is 0 Å². The van der Waals surface area contributed by atoms with Crippen LogP contribution in [0, 0.1) is 18.3 Å². The van der Waals surface area contributed by atoms with Crippen molar-refractivity contribution in [3.63, 3.8) is 0 Å².